The zero-order valence-corrected chi connectivity index (χ0v) is 13.1. The summed E-state index contributed by atoms with van der Waals surface area (Å²) in [5.74, 6) is 0. The molecule has 0 aliphatic carbocycles. The second-order valence-corrected chi connectivity index (χ2v) is 6.21. The number of anilines is 1. The molecule has 21 heavy (non-hydrogen) atoms. The highest BCUT2D eigenvalue weighted by Gasteiger charge is 2.21. The summed E-state index contributed by atoms with van der Waals surface area (Å²) < 4.78 is 0. The number of hydrogen-bond donors (Lipinski definition) is 1. The second-order valence-electron chi connectivity index (χ2n) is 5.77. The van der Waals surface area contributed by atoms with E-state index < -0.39 is 0 Å². The topological polar surface area (TPSA) is 29.3 Å². The monoisotopic (exact) mass is 300 g/mol. The van der Waals surface area contributed by atoms with Crippen LogP contribution in [-0.4, -0.2) is 6.04 Å². The van der Waals surface area contributed by atoms with E-state index in [2.05, 4.69) is 48.2 Å². The molecule has 110 valence electrons. The van der Waals surface area contributed by atoms with Crippen LogP contribution in [0.15, 0.2) is 42.5 Å². The fourth-order valence-corrected chi connectivity index (χ4v) is 3.10. The number of halogens is 1. The fraction of sp³-hybridized carbons (Fsp3) is 0.333. The molecular weight excluding hydrogens is 280 g/mol. The zero-order valence-electron chi connectivity index (χ0n) is 12.3. The van der Waals surface area contributed by atoms with E-state index in [9.17, 15) is 0 Å². The minimum absolute atomic E-state index is 0.204. The smallest absolute Gasteiger partial charge is 0.0436 e. The van der Waals surface area contributed by atoms with E-state index in [1.54, 1.807) is 0 Å². The zero-order chi connectivity index (χ0) is 14.8. The first-order valence-electron chi connectivity index (χ1n) is 7.53. The number of nitrogens with zero attached hydrogens (tertiary/aromatic N) is 1. The summed E-state index contributed by atoms with van der Waals surface area (Å²) in [5.41, 5.74) is 11.5. The molecule has 3 heteroatoms. The number of nitrogens with two attached hydrogens (primary N) is 1. The minimum atomic E-state index is 0.204. The van der Waals surface area contributed by atoms with Gasteiger partial charge in [-0.05, 0) is 41.7 Å². The highest BCUT2D eigenvalue weighted by atomic mass is 35.5. The summed E-state index contributed by atoms with van der Waals surface area (Å²) in [4.78, 5) is 2.40. The molecule has 1 unspecified atom stereocenters. The second kappa shape index (κ2) is 6.08. The van der Waals surface area contributed by atoms with E-state index in [1.807, 2.05) is 6.07 Å². The molecule has 1 aliphatic rings. The number of hydrogen-bond acceptors (Lipinski definition) is 2. The molecule has 2 aromatic rings. The Morgan fingerprint density at radius 3 is 2.43 bits per heavy atom. The lowest BCUT2D eigenvalue weighted by Gasteiger charge is -2.23. The lowest BCUT2D eigenvalue weighted by Crippen LogP contribution is -2.24. The predicted molar refractivity (Wildman–Crippen MR) is 89.8 cm³/mol. The first kappa shape index (κ1) is 14.4. The maximum Gasteiger partial charge on any atom is 0.0436 e. The molecule has 0 aromatic heterocycles. The fourth-order valence-electron chi connectivity index (χ4n) is 2.93. The van der Waals surface area contributed by atoms with E-state index >= 15 is 0 Å². The van der Waals surface area contributed by atoms with Gasteiger partial charge in [-0.1, -0.05) is 48.9 Å². The molecule has 0 fully saturated rings. The Kier molecular flexibility index (Phi) is 4.18. The quantitative estimate of drug-likeness (QED) is 0.919. The molecule has 1 heterocycles. The average Bonchev–Trinajstić information content (AvgIpc) is 2.92. The van der Waals surface area contributed by atoms with Gasteiger partial charge in [0, 0.05) is 29.8 Å². The summed E-state index contributed by atoms with van der Waals surface area (Å²) in [6.07, 6.45) is 1.89. The molecule has 0 amide bonds. The van der Waals surface area contributed by atoms with Crippen molar-refractivity contribution in [3.8, 4) is 0 Å². The molecule has 0 saturated carbocycles. The Bertz CT molecular complexity index is 614. The Morgan fingerprint density at radius 1 is 1.14 bits per heavy atom. The van der Waals surface area contributed by atoms with E-state index in [0.29, 0.717) is 0 Å². The van der Waals surface area contributed by atoms with Crippen molar-refractivity contribution < 1.29 is 0 Å². The average molecular weight is 301 g/mol. The largest absolute Gasteiger partial charge is 0.363 e. The van der Waals surface area contributed by atoms with Gasteiger partial charge in [0.1, 0.15) is 0 Å². The van der Waals surface area contributed by atoms with Gasteiger partial charge in [-0.15, -0.1) is 0 Å². The van der Waals surface area contributed by atoms with Gasteiger partial charge in [0.25, 0.3) is 0 Å². The van der Waals surface area contributed by atoms with E-state index in [-0.39, 0.29) is 6.04 Å². The predicted octanol–water partition coefficient (Wildman–Crippen LogP) is 4.14. The molecule has 0 radical (unpaired) electrons. The van der Waals surface area contributed by atoms with E-state index in [1.165, 1.54) is 22.4 Å². The Balaban J connectivity index is 1.90. The number of rotatable bonds is 4. The maximum absolute atomic E-state index is 6.22. The van der Waals surface area contributed by atoms with Gasteiger partial charge in [0.2, 0.25) is 0 Å². The summed E-state index contributed by atoms with van der Waals surface area (Å²) >= 11 is 6.22. The summed E-state index contributed by atoms with van der Waals surface area (Å²) in [6, 6.07) is 15.0. The van der Waals surface area contributed by atoms with Crippen LogP contribution in [0.5, 0.6) is 0 Å². The first-order chi connectivity index (χ1) is 10.2. The minimum Gasteiger partial charge on any atom is -0.363 e. The van der Waals surface area contributed by atoms with Crippen LogP contribution >= 0.6 is 11.6 Å². The van der Waals surface area contributed by atoms with Crippen LogP contribution in [0.2, 0.25) is 5.02 Å². The summed E-state index contributed by atoms with van der Waals surface area (Å²) in [7, 11) is 0. The van der Waals surface area contributed by atoms with Crippen molar-refractivity contribution in [1.82, 2.24) is 0 Å². The molecule has 2 aromatic carbocycles. The lowest BCUT2D eigenvalue weighted by molar-refractivity contribution is 0.644. The highest BCUT2D eigenvalue weighted by molar-refractivity contribution is 6.30. The Morgan fingerprint density at radius 2 is 1.81 bits per heavy atom. The third-order valence-electron chi connectivity index (χ3n) is 4.24. The lowest BCUT2D eigenvalue weighted by atomic mass is 10.0. The van der Waals surface area contributed by atoms with Crippen LogP contribution in [-0.2, 0) is 19.5 Å². The molecule has 1 atom stereocenters. The Labute approximate surface area is 131 Å². The molecule has 0 spiro atoms. The van der Waals surface area contributed by atoms with E-state index in [0.717, 1.165) is 31.0 Å². The van der Waals surface area contributed by atoms with Crippen molar-refractivity contribution in [2.45, 2.75) is 38.9 Å². The van der Waals surface area contributed by atoms with Crippen LogP contribution in [0, 0.1) is 0 Å². The standard InChI is InChI=1S/C18H21ClN2/c1-2-17(20)9-13-7-8-16(19)10-18(13)21-11-14-5-3-4-6-15(14)12-21/h3-8,10,17H,2,9,11-12,20H2,1H3. The SMILES string of the molecule is CCC(N)Cc1ccc(Cl)cc1N1Cc2ccccc2C1. The summed E-state index contributed by atoms with van der Waals surface area (Å²) in [5, 5.41) is 0.787. The molecule has 3 rings (SSSR count). The molecule has 1 aliphatic heterocycles. The van der Waals surface area contributed by atoms with Crippen molar-refractivity contribution in [3.63, 3.8) is 0 Å². The van der Waals surface area contributed by atoms with Gasteiger partial charge < -0.3 is 10.6 Å². The normalized spacial score (nSPS) is 15.1. The third-order valence-corrected chi connectivity index (χ3v) is 4.47. The first-order valence-corrected chi connectivity index (χ1v) is 7.91. The van der Waals surface area contributed by atoms with Crippen LogP contribution < -0.4 is 10.6 Å². The van der Waals surface area contributed by atoms with Gasteiger partial charge in [0.05, 0.1) is 0 Å². The van der Waals surface area contributed by atoms with E-state index in [4.69, 9.17) is 17.3 Å². The van der Waals surface area contributed by atoms with Crippen molar-refractivity contribution >= 4 is 17.3 Å². The van der Waals surface area contributed by atoms with Crippen molar-refractivity contribution in [3.05, 3.63) is 64.2 Å². The van der Waals surface area contributed by atoms with Gasteiger partial charge >= 0.3 is 0 Å². The summed E-state index contributed by atoms with van der Waals surface area (Å²) in [6.45, 7) is 4.03. The van der Waals surface area contributed by atoms with Crippen LogP contribution in [0.25, 0.3) is 0 Å². The van der Waals surface area contributed by atoms with Crippen molar-refractivity contribution in [2.24, 2.45) is 5.73 Å². The van der Waals surface area contributed by atoms with Gasteiger partial charge in [0.15, 0.2) is 0 Å². The van der Waals surface area contributed by atoms with Crippen LogP contribution in [0.3, 0.4) is 0 Å². The number of fused-ring (bicyclic) bond motifs is 1. The van der Waals surface area contributed by atoms with Gasteiger partial charge in [-0.3, -0.25) is 0 Å². The van der Waals surface area contributed by atoms with Crippen LogP contribution in [0.4, 0.5) is 5.69 Å². The molecule has 2 nitrogen and oxygen atoms in total. The van der Waals surface area contributed by atoms with Crippen LogP contribution in [0.1, 0.15) is 30.0 Å². The molecule has 0 bridgehead atoms. The highest BCUT2D eigenvalue weighted by Crippen LogP contribution is 2.33. The van der Waals surface area contributed by atoms with Gasteiger partial charge in [-0.2, -0.15) is 0 Å². The van der Waals surface area contributed by atoms with Crippen molar-refractivity contribution in [2.75, 3.05) is 4.90 Å². The third kappa shape index (κ3) is 3.07. The Hall–Kier alpha value is -1.51. The number of benzene rings is 2. The molecular formula is C18H21ClN2. The van der Waals surface area contributed by atoms with Gasteiger partial charge in [-0.25, -0.2) is 0 Å². The maximum atomic E-state index is 6.22. The molecule has 2 N–H and O–H groups in total. The van der Waals surface area contributed by atoms with Crippen molar-refractivity contribution in [1.29, 1.82) is 0 Å². The molecule has 0 saturated heterocycles.